The van der Waals surface area contributed by atoms with Crippen LogP contribution >= 0.6 is 7.26 Å². The zero-order valence-electron chi connectivity index (χ0n) is 17.6. The first-order chi connectivity index (χ1) is 11.2. The highest BCUT2D eigenvalue weighted by molar-refractivity contribution is 7.75. The molecule has 0 fully saturated rings. The monoisotopic (exact) mass is 378 g/mol. The van der Waals surface area contributed by atoms with Gasteiger partial charge in [-0.3, -0.25) is 0 Å². The van der Waals surface area contributed by atoms with Gasteiger partial charge in [-0.15, -0.1) is 0 Å². The van der Waals surface area contributed by atoms with Gasteiger partial charge in [0, 0.05) is 13.9 Å². The third-order valence-corrected chi connectivity index (χ3v) is 9.59. The Labute approximate surface area is 162 Å². The Morgan fingerprint density at radius 1 is 0.417 bits per heavy atom. The molecule has 0 heterocycles. The molecule has 0 amide bonds. The van der Waals surface area contributed by atoms with Crippen LogP contribution in [0, 0.1) is 0 Å². The first kappa shape index (κ1) is 26.9. The lowest BCUT2D eigenvalue weighted by Crippen LogP contribution is -3.00. The summed E-state index contributed by atoms with van der Waals surface area (Å²) in [5.74, 6) is 0. The standard InChI is InChI=1S/C22H48P.ClH/c1-5-8-11-14-17-20-23(4,21-18-15-12-9-6-2)22-19-16-13-10-7-3;/h5-22H2,1-4H3;1H/q+1;/p-1. The van der Waals surface area contributed by atoms with Crippen LogP contribution in [0.4, 0.5) is 0 Å². The van der Waals surface area contributed by atoms with E-state index < -0.39 is 7.26 Å². The average molecular weight is 379 g/mol. The number of halogens is 1. The van der Waals surface area contributed by atoms with E-state index in [0.717, 1.165) is 0 Å². The molecule has 0 spiro atoms. The van der Waals surface area contributed by atoms with Crippen LogP contribution in [0.5, 0.6) is 0 Å². The topological polar surface area (TPSA) is 0 Å². The Kier molecular flexibility index (Phi) is 22.5. The Bertz CT molecular complexity index is 194. The van der Waals surface area contributed by atoms with Crippen LogP contribution in [-0.2, 0) is 0 Å². The van der Waals surface area contributed by atoms with Gasteiger partial charge in [-0.25, -0.2) is 0 Å². The van der Waals surface area contributed by atoms with E-state index in [9.17, 15) is 0 Å². The van der Waals surface area contributed by atoms with Crippen molar-refractivity contribution in [2.24, 2.45) is 0 Å². The number of unbranched alkanes of at least 4 members (excludes halogenated alkanes) is 12. The molecule has 24 heavy (non-hydrogen) atoms. The van der Waals surface area contributed by atoms with Crippen LogP contribution in [0.25, 0.3) is 0 Å². The van der Waals surface area contributed by atoms with Crippen LogP contribution in [-0.4, -0.2) is 25.2 Å². The molecule has 0 saturated carbocycles. The smallest absolute Gasteiger partial charge is 0.0591 e. The average Bonchev–Trinajstić information content (AvgIpc) is 2.54. The molecule has 0 aromatic carbocycles. The quantitative estimate of drug-likeness (QED) is 0.217. The van der Waals surface area contributed by atoms with Crippen molar-refractivity contribution in [1.29, 1.82) is 0 Å². The van der Waals surface area contributed by atoms with E-state index in [-0.39, 0.29) is 12.4 Å². The lowest BCUT2D eigenvalue weighted by atomic mass is 10.2. The molecule has 148 valence electrons. The molecule has 0 rings (SSSR count). The summed E-state index contributed by atoms with van der Waals surface area (Å²) in [4.78, 5) is 0. The molecular formula is C22H48ClP. The number of rotatable bonds is 18. The summed E-state index contributed by atoms with van der Waals surface area (Å²) in [5.41, 5.74) is 0. The maximum Gasteiger partial charge on any atom is 0.0591 e. The summed E-state index contributed by atoms with van der Waals surface area (Å²) >= 11 is 0. The molecule has 0 aliphatic rings. The van der Waals surface area contributed by atoms with Crippen molar-refractivity contribution in [3.8, 4) is 0 Å². The molecule has 0 aromatic heterocycles. The highest BCUT2D eigenvalue weighted by Crippen LogP contribution is 2.57. The normalized spacial score (nSPS) is 11.5. The largest absolute Gasteiger partial charge is 1.00 e. The zero-order valence-corrected chi connectivity index (χ0v) is 19.2. The van der Waals surface area contributed by atoms with Gasteiger partial charge in [0.2, 0.25) is 0 Å². The van der Waals surface area contributed by atoms with E-state index >= 15 is 0 Å². The maximum absolute atomic E-state index is 2.71. The van der Waals surface area contributed by atoms with E-state index in [4.69, 9.17) is 0 Å². The van der Waals surface area contributed by atoms with Gasteiger partial charge in [0.25, 0.3) is 0 Å². The Morgan fingerprint density at radius 2 is 0.667 bits per heavy atom. The van der Waals surface area contributed by atoms with Gasteiger partial charge in [0.15, 0.2) is 0 Å². The number of hydrogen-bond donors (Lipinski definition) is 0. The van der Waals surface area contributed by atoms with Gasteiger partial charge >= 0.3 is 0 Å². The summed E-state index contributed by atoms with van der Waals surface area (Å²) in [6, 6.07) is 0. The SMILES string of the molecule is CCCCCCC[P+](C)(CCCCCCC)CCCCCCC.[Cl-]. The summed E-state index contributed by atoms with van der Waals surface area (Å²) in [5, 5.41) is 0. The Balaban J connectivity index is 0. The molecule has 0 nitrogen and oxygen atoms in total. The van der Waals surface area contributed by atoms with Gasteiger partial charge in [0.05, 0.1) is 18.5 Å². The summed E-state index contributed by atoms with van der Waals surface area (Å²) < 4.78 is 0. The minimum atomic E-state index is -0.615. The van der Waals surface area contributed by atoms with E-state index in [2.05, 4.69) is 27.4 Å². The van der Waals surface area contributed by atoms with Crippen molar-refractivity contribution in [1.82, 2.24) is 0 Å². The van der Waals surface area contributed by atoms with E-state index in [1.807, 2.05) is 0 Å². The molecule has 0 bridgehead atoms. The molecule has 2 heteroatoms. The van der Waals surface area contributed by atoms with Crippen molar-refractivity contribution in [3.63, 3.8) is 0 Å². The minimum Gasteiger partial charge on any atom is -1.00 e. The summed E-state index contributed by atoms with van der Waals surface area (Å²) in [6.07, 6.45) is 26.7. The lowest BCUT2D eigenvalue weighted by Gasteiger charge is -2.23. The molecule has 0 aliphatic heterocycles. The van der Waals surface area contributed by atoms with E-state index in [1.165, 1.54) is 96.3 Å². The van der Waals surface area contributed by atoms with E-state index in [0.29, 0.717) is 0 Å². The molecule has 0 atom stereocenters. The zero-order chi connectivity index (χ0) is 17.2. The fraction of sp³-hybridized carbons (Fsp3) is 1.00. The fourth-order valence-corrected chi connectivity index (χ4v) is 7.26. The highest BCUT2D eigenvalue weighted by Gasteiger charge is 2.29. The van der Waals surface area contributed by atoms with Crippen LogP contribution in [0.3, 0.4) is 0 Å². The van der Waals surface area contributed by atoms with Crippen molar-refractivity contribution in [3.05, 3.63) is 0 Å². The van der Waals surface area contributed by atoms with Gasteiger partial charge in [-0.05, 0) is 38.5 Å². The Hall–Kier alpha value is 0.720. The van der Waals surface area contributed by atoms with Crippen LogP contribution in [0.1, 0.15) is 117 Å². The number of hydrogen-bond acceptors (Lipinski definition) is 0. The highest BCUT2D eigenvalue weighted by atomic mass is 35.5. The van der Waals surface area contributed by atoms with Gasteiger partial charge in [-0.2, -0.15) is 0 Å². The van der Waals surface area contributed by atoms with Crippen LogP contribution in [0.2, 0.25) is 0 Å². The predicted octanol–water partition coefficient (Wildman–Crippen LogP) is 5.55. The predicted molar refractivity (Wildman–Crippen MR) is 114 cm³/mol. The van der Waals surface area contributed by atoms with Crippen molar-refractivity contribution < 1.29 is 12.4 Å². The van der Waals surface area contributed by atoms with Crippen LogP contribution in [0.15, 0.2) is 0 Å². The van der Waals surface area contributed by atoms with E-state index in [1.54, 1.807) is 18.5 Å². The van der Waals surface area contributed by atoms with Crippen LogP contribution < -0.4 is 12.4 Å². The third-order valence-electron chi connectivity index (χ3n) is 5.40. The van der Waals surface area contributed by atoms with Gasteiger partial charge in [-0.1, -0.05) is 78.6 Å². The second-order valence-corrected chi connectivity index (χ2v) is 12.6. The second-order valence-electron chi connectivity index (χ2n) is 8.03. The van der Waals surface area contributed by atoms with Crippen molar-refractivity contribution >= 4 is 7.26 Å². The molecule has 0 aromatic rings. The van der Waals surface area contributed by atoms with Gasteiger partial charge in [0.1, 0.15) is 0 Å². The first-order valence-corrected chi connectivity index (χ1v) is 13.8. The third kappa shape index (κ3) is 17.5. The molecule has 0 N–H and O–H groups in total. The Morgan fingerprint density at radius 3 is 0.917 bits per heavy atom. The van der Waals surface area contributed by atoms with Gasteiger partial charge < -0.3 is 12.4 Å². The minimum absolute atomic E-state index is 0. The molecule has 0 saturated heterocycles. The van der Waals surface area contributed by atoms with Crippen molar-refractivity contribution in [2.75, 3.05) is 25.2 Å². The molecule has 0 unspecified atom stereocenters. The lowest BCUT2D eigenvalue weighted by molar-refractivity contribution is -0.00000538. The van der Waals surface area contributed by atoms with Crippen molar-refractivity contribution in [2.45, 2.75) is 117 Å². The molecule has 0 aliphatic carbocycles. The maximum atomic E-state index is 2.71. The second kappa shape index (κ2) is 20.0. The first-order valence-electron chi connectivity index (χ1n) is 11.0. The molecule has 0 radical (unpaired) electrons. The fourth-order valence-electron chi connectivity index (χ4n) is 3.63. The summed E-state index contributed by atoms with van der Waals surface area (Å²) in [7, 11) is -0.615. The summed E-state index contributed by atoms with van der Waals surface area (Å²) in [6.45, 7) is 9.68. The molecular weight excluding hydrogens is 331 g/mol.